The lowest BCUT2D eigenvalue weighted by atomic mass is 9.49. The second kappa shape index (κ2) is 7.44. The highest BCUT2D eigenvalue weighted by atomic mass is 16.2. The number of amides is 1. The SMILES string of the molecule is Cc1c(C#N)cccc1[C@@H](C)NC(=O)c1cn(C23CC(C2)C3)c(=O)cc1N[C@H]1[C@@H]2CN(C)C[C@@H]21. The van der Waals surface area contributed by atoms with Crippen LogP contribution in [0, 0.1) is 36.0 Å². The molecule has 2 aromatic rings. The Bertz CT molecular complexity index is 1260. The van der Waals surface area contributed by atoms with E-state index in [2.05, 4.69) is 28.7 Å². The minimum absolute atomic E-state index is 0.0225. The van der Waals surface area contributed by atoms with Crippen molar-refractivity contribution in [2.45, 2.75) is 50.7 Å². The van der Waals surface area contributed by atoms with E-state index in [0.29, 0.717) is 34.7 Å². The highest BCUT2D eigenvalue weighted by Gasteiger charge is 2.58. The third kappa shape index (κ3) is 3.19. The summed E-state index contributed by atoms with van der Waals surface area (Å²) >= 11 is 0. The number of nitriles is 1. The molecule has 1 aromatic carbocycles. The van der Waals surface area contributed by atoms with Gasteiger partial charge in [0.15, 0.2) is 0 Å². The molecule has 5 aliphatic rings. The van der Waals surface area contributed by atoms with Crippen LogP contribution in [-0.2, 0) is 5.54 Å². The molecule has 7 nitrogen and oxygen atoms in total. The fraction of sp³-hybridized carbons (Fsp3) is 0.519. The molecular formula is C27H31N5O2. The van der Waals surface area contributed by atoms with E-state index in [4.69, 9.17) is 0 Å². The summed E-state index contributed by atoms with van der Waals surface area (Å²) in [6.45, 7) is 5.95. The van der Waals surface area contributed by atoms with E-state index in [-0.39, 0.29) is 23.0 Å². The molecule has 2 bridgehead atoms. The average Bonchev–Trinajstić information content (AvgIpc) is 3.18. The zero-order valence-electron chi connectivity index (χ0n) is 20.0. The third-order valence-electron chi connectivity index (χ3n) is 8.82. The van der Waals surface area contributed by atoms with Crippen LogP contribution in [-0.4, -0.2) is 41.6 Å². The first-order chi connectivity index (χ1) is 16.3. The molecule has 1 amide bonds. The molecule has 5 fully saturated rings. The summed E-state index contributed by atoms with van der Waals surface area (Å²) in [5.74, 6) is 1.70. The molecule has 0 spiro atoms. The summed E-state index contributed by atoms with van der Waals surface area (Å²) in [5, 5.41) is 16.1. The van der Waals surface area contributed by atoms with Crippen LogP contribution in [0.3, 0.4) is 0 Å². The van der Waals surface area contributed by atoms with Crippen molar-refractivity contribution in [3.05, 3.63) is 63.1 Å². The molecule has 2 N–H and O–H groups in total. The van der Waals surface area contributed by atoms with Gasteiger partial charge in [-0.25, -0.2) is 0 Å². The number of carbonyl (C=O) groups is 1. The number of anilines is 1. The maximum absolute atomic E-state index is 13.6. The van der Waals surface area contributed by atoms with Crippen LogP contribution in [0.15, 0.2) is 35.3 Å². The van der Waals surface area contributed by atoms with Gasteiger partial charge in [0.2, 0.25) is 0 Å². The van der Waals surface area contributed by atoms with Gasteiger partial charge in [-0.2, -0.15) is 5.26 Å². The Hall–Kier alpha value is -3.11. The van der Waals surface area contributed by atoms with Crippen molar-refractivity contribution in [3.63, 3.8) is 0 Å². The first-order valence-corrected chi connectivity index (χ1v) is 12.3. The van der Waals surface area contributed by atoms with E-state index in [0.717, 1.165) is 49.4 Å². The van der Waals surface area contributed by atoms with Crippen molar-refractivity contribution in [1.82, 2.24) is 14.8 Å². The normalized spacial score (nSPS) is 31.5. The van der Waals surface area contributed by atoms with Gasteiger partial charge in [0.05, 0.1) is 28.9 Å². The second-order valence-corrected chi connectivity index (χ2v) is 11.1. The predicted molar refractivity (Wildman–Crippen MR) is 130 cm³/mol. The maximum atomic E-state index is 13.6. The van der Waals surface area contributed by atoms with Gasteiger partial charge in [-0.1, -0.05) is 12.1 Å². The van der Waals surface area contributed by atoms with Crippen molar-refractivity contribution in [1.29, 1.82) is 5.26 Å². The summed E-state index contributed by atoms with van der Waals surface area (Å²) in [7, 11) is 2.14. The Balaban J connectivity index is 1.30. The number of hydrogen-bond donors (Lipinski definition) is 2. The van der Waals surface area contributed by atoms with Crippen molar-refractivity contribution >= 4 is 11.6 Å². The molecule has 7 rings (SSSR count). The predicted octanol–water partition coefficient (Wildman–Crippen LogP) is 3.00. The Morgan fingerprint density at radius 1 is 1.24 bits per heavy atom. The number of nitrogens with zero attached hydrogens (tertiary/aromatic N) is 3. The number of piperidine rings is 1. The lowest BCUT2D eigenvalue weighted by molar-refractivity contribution is -0.0914. The summed E-state index contributed by atoms with van der Waals surface area (Å²) in [6, 6.07) is 9.50. The van der Waals surface area contributed by atoms with Crippen LogP contribution in [0.2, 0.25) is 0 Å². The van der Waals surface area contributed by atoms with Crippen molar-refractivity contribution in [3.8, 4) is 6.07 Å². The quantitative estimate of drug-likeness (QED) is 0.696. The summed E-state index contributed by atoms with van der Waals surface area (Å²) < 4.78 is 1.82. The van der Waals surface area contributed by atoms with E-state index in [9.17, 15) is 14.9 Å². The van der Waals surface area contributed by atoms with Crippen molar-refractivity contribution < 1.29 is 4.79 Å². The molecule has 176 valence electrons. The van der Waals surface area contributed by atoms with Crippen molar-refractivity contribution in [2.24, 2.45) is 17.8 Å². The maximum Gasteiger partial charge on any atom is 0.255 e. The molecule has 4 saturated carbocycles. The molecule has 1 aromatic heterocycles. The number of carbonyl (C=O) groups excluding carboxylic acids is 1. The number of aromatic nitrogens is 1. The van der Waals surface area contributed by atoms with Gasteiger partial charge in [0, 0.05) is 36.9 Å². The Labute approximate surface area is 199 Å². The molecule has 4 atom stereocenters. The Morgan fingerprint density at radius 2 is 1.94 bits per heavy atom. The van der Waals surface area contributed by atoms with Crippen LogP contribution in [0.4, 0.5) is 5.69 Å². The van der Waals surface area contributed by atoms with Gasteiger partial charge in [-0.3, -0.25) is 9.59 Å². The van der Waals surface area contributed by atoms with Gasteiger partial charge in [-0.05, 0) is 75.1 Å². The topological polar surface area (TPSA) is 90.2 Å². The first-order valence-electron chi connectivity index (χ1n) is 12.3. The number of likely N-dealkylation sites (tertiary alicyclic amines) is 1. The van der Waals surface area contributed by atoms with Gasteiger partial charge in [-0.15, -0.1) is 0 Å². The van der Waals surface area contributed by atoms with E-state index in [1.807, 2.05) is 30.5 Å². The summed E-state index contributed by atoms with van der Waals surface area (Å²) in [6.07, 6.45) is 4.91. The molecule has 0 radical (unpaired) electrons. The van der Waals surface area contributed by atoms with Crippen LogP contribution in [0.5, 0.6) is 0 Å². The molecule has 7 heteroatoms. The summed E-state index contributed by atoms with van der Waals surface area (Å²) in [5.41, 5.74) is 3.48. The minimum atomic E-state index is -0.266. The third-order valence-corrected chi connectivity index (χ3v) is 8.82. The number of nitrogens with one attached hydrogen (secondary N) is 2. The number of benzene rings is 1. The lowest BCUT2D eigenvalue weighted by Gasteiger charge is -2.62. The van der Waals surface area contributed by atoms with Gasteiger partial charge in [0.1, 0.15) is 0 Å². The number of fused-ring (bicyclic) bond motifs is 1. The average molecular weight is 458 g/mol. The minimum Gasteiger partial charge on any atom is -0.381 e. The molecule has 34 heavy (non-hydrogen) atoms. The van der Waals surface area contributed by atoms with Gasteiger partial charge in [0.25, 0.3) is 11.5 Å². The first kappa shape index (κ1) is 21.4. The molecule has 1 aliphatic heterocycles. The van der Waals surface area contributed by atoms with E-state index in [1.54, 1.807) is 18.3 Å². The van der Waals surface area contributed by atoms with Gasteiger partial charge >= 0.3 is 0 Å². The standard InChI is InChI=1S/C27H31N5O2/c1-15-18(11-28)5-4-6-19(15)16(2)29-26(34)22-14-32(27-8-17(9-27)10-27)24(33)7-23(22)30-25-20-12-31(3)13-21(20)25/h4-7,14,16-17,20-21,25,30H,8-10,12-13H2,1-3H3,(H,29,34)/t16-,17?,20-,21+,25+,27?/m1/s1. The Morgan fingerprint density at radius 3 is 2.56 bits per heavy atom. The second-order valence-electron chi connectivity index (χ2n) is 11.1. The largest absolute Gasteiger partial charge is 0.381 e. The lowest BCUT2D eigenvalue weighted by Crippen LogP contribution is -2.62. The fourth-order valence-corrected chi connectivity index (χ4v) is 6.66. The fourth-order valence-electron chi connectivity index (χ4n) is 6.66. The highest BCUT2D eigenvalue weighted by molar-refractivity contribution is 5.99. The van der Waals surface area contributed by atoms with Crippen LogP contribution in [0.1, 0.15) is 59.3 Å². The Kier molecular flexibility index (Phi) is 4.69. The smallest absolute Gasteiger partial charge is 0.255 e. The number of rotatable bonds is 6. The molecule has 2 heterocycles. The molecule has 4 aliphatic carbocycles. The number of pyridine rings is 1. The zero-order chi connectivity index (χ0) is 23.8. The van der Waals surface area contributed by atoms with Crippen molar-refractivity contribution in [2.75, 3.05) is 25.5 Å². The monoisotopic (exact) mass is 457 g/mol. The van der Waals surface area contributed by atoms with Crippen LogP contribution in [0.25, 0.3) is 0 Å². The van der Waals surface area contributed by atoms with Crippen LogP contribution < -0.4 is 16.2 Å². The van der Waals surface area contributed by atoms with Gasteiger partial charge < -0.3 is 20.1 Å². The highest BCUT2D eigenvalue weighted by Crippen LogP contribution is 2.61. The number of hydrogen-bond acceptors (Lipinski definition) is 5. The van der Waals surface area contributed by atoms with Crippen LogP contribution >= 0.6 is 0 Å². The van der Waals surface area contributed by atoms with E-state index < -0.39 is 0 Å². The molecule has 0 unspecified atom stereocenters. The van der Waals surface area contributed by atoms with E-state index in [1.165, 1.54) is 0 Å². The molecule has 1 saturated heterocycles. The molecular weight excluding hydrogens is 426 g/mol. The summed E-state index contributed by atoms with van der Waals surface area (Å²) in [4.78, 5) is 29.0. The zero-order valence-corrected chi connectivity index (χ0v) is 20.0. The van der Waals surface area contributed by atoms with E-state index >= 15 is 0 Å².